The molecular weight excluding hydrogens is 392 g/mol. The Bertz CT molecular complexity index is 1050. The standard InChI is InChI=1S/C23H30N6O2/c1-15-16(2)29(19-20(24-15)25-23(27(3)4)26-21(19)30)22(31)18-11-8-12-28(14-18)13-17-9-6-5-7-10-17/h5-7,9-10,14-16H,8,11-13H2,1-4H3,(H2,24,25,26,30)/t15-,16+/m0/s1. The molecule has 0 unspecified atom stereocenters. The zero-order valence-electron chi connectivity index (χ0n) is 18.6. The Kier molecular flexibility index (Phi) is 5.71. The fraction of sp³-hybridized carbons (Fsp3) is 0.435. The van der Waals surface area contributed by atoms with Crippen LogP contribution in [0.1, 0.15) is 32.3 Å². The topological polar surface area (TPSA) is 84.6 Å². The molecule has 0 saturated carbocycles. The highest BCUT2D eigenvalue weighted by Gasteiger charge is 2.37. The molecule has 0 bridgehead atoms. The molecule has 1 amide bonds. The number of fused-ring (bicyclic) bond motifs is 1. The molecule has 2 aliphatic rings. The number of rotatable bonds is 4. The monoisotopic (exact) mass is 422 g/mol. The van der Waals surface area contributed by atoms with E-state index in [0.29, 0.717) is 23.9 Å². The molecule has 8 heteroatoms. The third-order valence-electron chi connectivity index (χ3n) is 5.99. The van der Waals surface area contributed by atoms with Crippen LogP contribution in [0.2, 0.25) is 0 Å². The summed E-state index contributed by atoms with van der Waals surface area (Å²) in [4.78, 5) is 39.5. The molecule has 0 saturated heterocycles. The van der Waals surface area contributed by atoms with Crippen molar-refractivity contribution in [2.45, 2.75) is 45.3 Å². The highest BCUT2D eigenvalue weighted by Crippen LogP contribution is 2.32. The first-order valence-electron chi connectivity index (χ1n) is 10.8. The molecule has 1 aromatic carbocycles. The molecule has 164 valence electrons. The summed E-state index contributed by atoms with van der Waals surface area (Å²) < 4.78 is 0. The van der Waals surface area contributed by atoms with Gasteiger partial charge in [-0.2, -0.15) is 4.98 Å². The average Bonchev–Trinajstić information content (AvgIpc) is 2.75. The highest BCUT2D eigenvalue weighted by molar-refractivity contribution is 6.08. The number of aromatic nitrogens is 2. The van der Waals surface area contributed by atoms with Crippen molar-refractivity contribution in [2.75, 3.05) is 35.8 Å². The number of amides is 1. The minimum absolute atomic E-state index is 0.0367. The lowest BCUT2D eigenvalue weighted by atomic mass is 10.0. The third-order valence-corrected chi connectivity index (χ3v) is 5.99. The molecule has 1 aromatic heterocycles. The van der Waals surface area contributed by atoms with Crippen LogP contribution < -0.4 is 20.7 Å². The van der Waals surface area contributed by atoms with Gasteiger partial charge in [0.05, 0.1) is 6.04 Å². The number of nitrogens with zero attached hydrogens (tertiary/aromatic N) is 4. The first-order chi connectivity index (χ1) is 14.8. The van der Waals surface area contributed by atoms with Gasteiger partial charge in [-0.3, -0.25) is 19.5 Å². The van der Waals surface area contributed by atoms with Gasteiger partial charge in [-0.15, -0.1) is 0 Å². The Hall–Kier alpha value is -3.29. The second kappa shape index (κ2) is 8.45. The molecule has 0 fully saturated rings. The highest BCUT2D eigenvalue weighted by atomic mass is 16.2. The largest absolute Gasteiger partial charge is 0.373 e. The minimum atomic E-state index is -0.314. The minimum Gasteiger partial charge on any atom is -0.373 e. The van der Waals surface area contributed by atoms with Crippen LogP contribution in [0.5, 0.6) is 0 Å². The van der Waals surface area contributed by atoms with E-state index in [1.165, 1.54) is 5.56 Å². The van der Waals surface area contributed by atoms with E-state index in [1.807, 2.05) is 52.3 Å². The van der Waals surface area contributed by atoms with E-state index in [2.05, 4.69) is 32.3 Å². The number of hydrogen-bond acceptors (Lipinski definition) is 6. The summed E-state index contributed by atoms with van der Waals surface area (Å²) in [5, 5.41) is 3.29. The van der Waals surface area contributed by atoms with E-state index in [-0.39, 0.29) is 23.6 Å². The van der Waals surface area contributed by atoms with Gasteiger partial charge in [-0.05, 0) is 32.3 Å². The van der Waals surface area contributed by atoms with Crippen LogP contribution in [0.25, 0.3) is 0 Å². The summed E-state index contributed by atoms with van der Waals surface area (Å²) in [5.74, 6) is 0.782. The summed E-state index contributed by atoms with van der Waals surface area (Å²) >= 11 is 0. The molecule has 2 atom stereocenters. The number of nitrogens with one attached hydrogen (secondary N) is 2. The number of benzene rings is 1. The molecule has 0 aliphatic carbocycles. The van der Waals surface area contributed by atoms with Crippen molar-refractivity contribution in [3.8, 4) is 0 Å². The number of carbonyl (C=O) groups is 1. The van der Waals surface area contributed by atoms with Gasteiger partial charge < -0.3 is 15.1 Å². The molecule has 2 aromatic rings. The van der Waals surface area contributed by atoms with Crippen LogP contribution in [0.4, 0.5) is 17.5 Å². The van der Waals surface area contributed by atoms with Gasteiger partial charge in [-0.1, -0.05) is 30.3 Å². The van der Waals surface area contributed by atoms with E-state index in [1.54, 1.807) is 9.80 Å². The first kappa shape index (κ1) is 21.0. The lowest BCUT2D eigenvalue weighted by molar-refractivity contribution is -0.116. The van der Waals surface area contributed by atoms with Crippen LogP contribution in [0.15, 0.2) is 46.9 Å². The molecule has 0 spiro atoms. The molecular formula is C23H30N6O2. The van der Waals surface area contributed by atoms with Gasteiger partial charge in [0.25, 0.3) is 11.5 Å². The van der Waals surface area contributed by atoms with E-state index >= 15 is 0 Å². The van der Waals surface area contributed by atoms with Gasteiger partial charge in [0.1, 0.15) is 0 Å². The summed E-state index contributed by atoms with van der Waals surface area (Å²) in [6, 6.07) is 10.0. The van der Waals surface area contributed by atoms with Gasteiger partial charge in [0, 0.05) is 45.0 Å². The number of anilines is 3. The second-order valence-electron chi connectivity index (χ2n) is 8.54. The van der Waals surface area contributed by atoms with Gasteiger partial charge in [0.2, 0.25) is 5.95 Å². The van der Waals surface area contributed by atoms with E-state index < -0.39 is 0 Å². The Morgan fingerprint density at radius 1 is 1.23 bits per heavy atom. The van der Waals surface area contributed by atoms with Crippen LogP contribution in [0, 0.1) is 0 Å². The summed E-state index contributed by atoms with van der Waals surface area (Å²) in [6.45, 7) is 5.63. The van der Waals surface area contributed by atoms with Gasteiger partial charge >= 0.3 is 0 Å². The maximum Gasteiger partial charge on any atom is 0.278 e. The van der Waals surface area contributed by atoms with Crippen molar-refractivity contribution in [3.05, 3.63) is 58.0 Å². The summed E-state index contributed by atoms with van der Waals surface area (Å²) in [7, 11) is 3.63. The maximum atomic E-state index is 13.7. The maximum absolute atomic E-state index is 13.7. The Morgan fingerprint density at radius 3 is 2.68 bits per heavy atom. The summed E-state index contributed by atoms with van der Waals surface area (Å²) in [5.41, 5.74) is 1.91. The predicted octanol–water partition coefficient (Wildman–Crippen LogP) is 2.55. The molecule has 8 nitrogen and oxygen atoms in total. The lowest BCUT2D eigenvalue weighted by Crippen LogP contribution is -2.54. The van der Waals surface area contributed by atoms with E-state index in [0.717, 1.165) is 25.1 Å². The van der Waals surface area contributed by atoms with Crippen molar-refractivity contribution >= 4 is 23.4 Å². The SMILES string of the molecule is C[C@@H]1Nc2nc(N(C)C)[nH]c(=O)c2N(C(=O)C2=CN(Cc3ccccc3)CCC2)[C@@H]1C. The van der Waals surface area contributed by atoms with Crippen LogP contribution in [0.3, 0.4) is 0 Å². The van der Waals surface area contributed by atoms with Crippen molar-refractivity contribution < 1.29 is 4.79 Å². The molecule has 4 rings (SSSR count). The van der Waals surface area contributed by atoms with E-state index in [4.69, 9.17) is 0 Å². The fourth-order valence-electron chi connectivity index (χ4n) is 4.12. The normalized spacial score (nSPS) is 20.6. The van der Waals surface area contributed by atoms with Crippen LogP contribution >= 0.6 is 0 Å². The second-order valence-corrected chi connectivity index (χ2v) is 8.54. The third kappa shape index (κ3) is 4.15. The molecule has 3 heterocycles. The van der Waals surface area contributed by atoms with Crippen LogP contribution in [-0.4, -0.2) is 53.5 Å². The van der Waals surface area contributed by atoms with E-state index in [9.17, 15) is 9.59 Å². The van der Waals surface area contributed by atoms with Crippen molar-refractivity contribution in [1.82, 2.24) is 14.9 Å². The number of H-pyrrole nitrogens is 1. The lowest BCUT2D eigenvalue weighted by Gasteiger charge is -2.40. The Balaban J connectivity index is 1.67. The smallest absolute Gasteiger partial charge is 0.278 e. The number of hydrogen-bond donors (Lipinski definition) is 2. The summed E-state index contributed by atoms with van der Waals surface area (Å²) in [6.07, 6.45) is 3.57. The molecule has 2 N–H and O–H groups in total. The Labute approximate surface area is 182 Å². The van der Waals surface area contributed by atoms with Crippen molar-refractivity contribution in [3.63, 3.8) is 0 Å². The van der Waals surface area contributed by atoms with Gasteiger partial charge in [0.15, 0.2) is 11.5 Å². The predicted molar refractivity (Wildman–Crippen MR) is 123 cm³/mol. The Morgan fingerprint density at radius 2 is 1.97 bits per heavy atom. The zero-order chi connectivity index (χ0) is 22.1. The number of carbonyl (C=O) groups excluding carboxylic acids is 1. The first-order valence-corrected chi connectivity index (χ1v) is 10.8. The average molecular weight is 423 g/mol. The quantitative estimate of drug-likeness (QED) is 0.788. The zero-order valence-corrected chi connectivity index (χ0v) is 18.6. The number of aromatic amines is 1. The molecule has 0 radical (unpaired) electrons. The van der Waals surface area contributed by atoms with Gasteiger partial charge in [-0.25, -0.2) is 0 Å². The van der Waals surface area contributed by atoms with Crippen molar-refractivity contribution in [2.24, 2.45) is 0 Å². The van der Waals surface area contributed by atoms with Crippen LogP contribution in [-0.2, 0) is 11.3 Å². The molecule has 31 heavy (non-hydrogen) atoms. The molecule has 2 aliphatic heterocycles. The van der Waals surface area contributed by atoms with Crippen molar-refractivity contribution in [1.29, 1.82) is 0 Å². The fourth-order valence-corrected chi connectivity index (χ4v) is 4.12.